The number of hydrogen-bond donors (Lipinski definition) is 0. The van der Waals surface area contributed by atoms with Crippen LogP contribution in [0, 0.1) is 25.5 Å². The first kappa shape index (κ1) is 22.3. The van der Waals surface area contributed by atoms with Crippen LogP contribution in [0.1, 0.15) is 22.9 Å². The number of halogens is 2. The minimum absolute atomic E-state index is 0.292. The highest BCUT2D eigenvalue weighted by Crippen LogP contribution is 2.21. The van der Waals surface area contributed by atoms with Crippen LogP contribution in [-0.2, 0) is 13.1 Å². The highest BCUT2D eigenvalue weighted by atomic mass is 19.1. The molecule has 34 heavy (non-hydrogen) atoms. The van der Waals surface area contributed by atoms with E-state index in [9.17, 15) is 8.78 Å². The van der Waals surface area contributed by atoms with E-state index < -0.39 is 0 Å². The second-order valence-corrected chi connectivity index (χ2v) is 8.50. The van der Waals surface area contributed by atoms with E-state index in [0.29, 0.717) is 58.8 Å². The molecule has 0 amide bonds. The Morgan fingerprint density at radius 3 is 1.50 bits per heavy atom. The Balaban J connectivity index is 1.14. The van der Waals surface area contributed by atoms with E-state index in [1.54, 1.807) is 38.1 Å². The molecule has 0 unspecified atom stereocenters. The molecule has 0 N–H and O–H groups in total. The first-order valence-corrected chi connectivity index (χ1v) is 11.1. The molecule has 10 heteroatoms. The van der Waals surface area contributed by atoms with Gasteiger partial charge < -0.3 is 9.05 Å². The van der Waals surface area contributed by atoms with E-state index >= 15 is 0 Å². The van der Waals surface area contributed by atoms with Crippen molar-refractivity contribution < 1.29 is 17.8 Å². The fourth-order valence-electron chi connectivity index (χ4n) is 3.82. The number of rotatable bonds is 6. The van der Waals surface area contributed by atoms with E-state index in [1.165, 1.54) is 12.1 Å². The quantitative estimate of drug-likeness (QED) is 0.422. The van der Waals surface area contributed by atoms with Crippen LogP contribution in [0.3, 0.4) is 0 Å². The average molecular weight is 466 g/mol. The maximum Gasteiger partial charge on any atom is 0.241 e. The largest absolute Gasteiger partial charge is 0.338 e. The summed E-state index contributed by atoms with van der Waals surface area (Å²) in [4.78, 5) is 13.3. The van der Waals surface area contributed by atoms with Crippen molar-refractivity contribution >= 4 is 0 Å². The Morgan fingerprint density at radius 1 is 0.706 bits per heavy atom. The molecule has 0 spiro atoms. The summed E-state index contributed by atoms with van der Waals surface area (Å²) in [5.74, 6) is 1.17. The number of hydrogen-bond acceptors (Lipinski definition) is 8. The number of piperazine rings is 1. The summed E-state index contributed by atoms with van der Waals surface area (Å²) in [5, 5.41) is 7.98. The van der Waals surface area contributed by atoms with E-state index in [2.05, 4.69) is 30.1 Å². The maximum atomic E-state index is 13.8. The SMILES string of the molecule is Cc1ccc(-c2noc(CN3CCN(Cc4nc(-c5ccc(C)c(F)c5)no4)CC3)n2)cc1F. The molecule has 4 aromatic rings. The predicted octanol–water partition coefficient (Wildman–Crippen LogP) is 4.00. The van der Waals surface area contributed by atoms with Crippen molar-refractivity contribution in [3.8, 4) is 22.8 Å². The van der Waals surface area contributed by atoms with Gasteiger partial charge in [-0.2, -0.15) is 9.97 Å². The Kier molecular flexibility index (Phi) is 6.16. The lowest BCUT2D eigenvalue weighted by molar-refractivity contribution is 0.103. The highest BCUT2D eigenvalue weighted by molar-refractivity contribution is 5.55. The Bertz CT molecular complexity index is 1200. The minimum atomic E-state index is -0.292. The topological polar surface area (TPSA) is 84.3 Å². The van der Waals surface area contributed by atoms with Crippen LogP contribution in [0.25, 0.3) is 22.8 Å². The number of nitrogens with zero attached hydrogens (tertiary/aromatic N) is 6. The summed E-state index contributed by atoms with van der Waals surface area (Å²) in [6.45, 7) is 7.70. The van der Waals surface area contributed by atoms with Gasteiger partial charge in [0.1, 0.15) is 11.6 Å². The molecule has 0 atom stereocenters. The summed E-state index contributed by atoms with van der Waals surface area (Å²) < 4.78 is 38.4. The Hall–Kier alpha value is -3.50. The van der Waals surface area contributed by atoms with Gasteiger partial charge in [-0.3, -0.25) is 9.80 Å². The van der Waals surface area contributed by atoms with Gasteiger partial charge in [0, 0.05) is 37.3 Å². The van der Waals surface area contributed by atoms with Crippen LogP contribution in [0.15, 0.2) is 45.4 Å². The molecule has 5 rings (SSSR count). The van der Waals surface area contributed by atoms with Crippen LogP contribution >= 0.6 is 0 Å². The van der Waals surface area contributed by atoms with Crippen molar-refractivity contribution in [1.82, 2.24) is 30.1 Å². The average Bonchev–Trinajstić information content (AvgIpc) is 3.49. The smallest absolute Gasteiger partial charge is 0.241 e. The summed E-state index contributed by atoms with van der Waals surface area (Å²) in [6.07, 6.45) is 0. The first-order chi connectivity index (χ1) is 16.4. The molecule has 2 aromatic heterocycles. The molecular formula is C24H24F2N6O2. The number of aromatic nitrogens is 4. The van der Waals surface area contributed by atoms with Gasteiger partial charge in [0.15, 0.2) is 0 Å². The van der Waals surface area contributed by atoms with Crippen molar-refractivity contribution in [2.24, 2.45) is 0 Å². The molecule has 0 bridgehead atoms. The maximum absolute atomic E-state index is 13.8. The van der Waals surface area contributed by atoms with Gasteiger partial charge in [0.25, 0.3) is 0 Å². The first-order valence-electron chi connectivity index (χ1n) is 11.1. The zero-order valence-electron chi connectivity index (χ0n) is 19.0. The fraction of sp³-hybridized carbons (Fsp3) is 0.333. The van der Waals surface area contributed by atoms with Crippen molar-refractivity contribution in [3.63, 3.8) is 0 Å². The van der Waals surface area contributed by atoms with E-state index in [-0.39, 0.29) is 11.6 Å². The predicted molar refractivity (Wildman–Crippen MR) is 119 cm³/mol. The van der Waals surface area contributed by atoms with E-state index in [1.807, 2.05) is 0 Å². The van der Waals surface area contributed by atoms with E-state index in [4.69, 9.17) is 9.05 Å². The van der Waals surface area contributed by atoms with Gasteiger partial charge in [-0.05, 0) is 37.1 Å². The minimum Gasteiger partial charge on any atom is -0.338 e. The fourth-order valence-corrected chi connectivity index (χ4v) is 3.82. The summed E-state index contributed by atoms with van der Waals surface area (Å²) in [7, 11) is 0. The highest BCUT2D eigenvalue weighted by Gasteiger charge is 2.22. The Labute approximate surface area is 195 Å². The van der Waals surface area contributed by atoms with Gasteiger partial charge in [0.2, 0.25) is 23.4 Å². The zero-order valence-corrected chi connectivity index (χ0v) is 19.0. The van der Waals surface area contributed by atoms with Crippen LogP contribution in [0.4, 0.5) is 8.78 Å². The monoisotopic (exact) mass is 466 g/mol. The third-order valence-corrected chi connectivity index (χ3v) is 5.98. The molecule has 1 saturated heterocycles. The lowest BCUT2D eigenvalue weighted by atomic mass is 10.1. The Morgan fingerprint density at radius 2 is 1.12 bits per heavy atom. The summed E-state index contributed by atoms with van der Waals surface area (Å²) in [6, 6.07) is 9.80. The lowest BCUT2D eigenvalue weighted by Gasteiger charge is -2.32. The second-order valence-electron chi connectivity index (χ2n) is 8.50. The molecular weight excluding hydrogens is 442 g/mol. The van der Waals surface area contributed by atoms with Crippen LogP contribution in [0.5, 0.6) is 0 Å². The molecule has 1 aliphatic heterocycles. The molecule has 176 valence electrons. The molecule has 3 heterocycles. The molecule has 0 aliphatic carbocycles. The van der Waals surface area contributed by atoms with Crippen molar-refractivity contribution in [2.45, 2.75) is 26.9 Å². The molecule has 2 aromatic carbocycles. The third kappa shape index (κ3) is 4.87. The van der Waals surface area contributed by atoms with E-state index in [0.717, 1.165) is 26.2 Å². The molecule has 1 fully saturated rings. The van der Waals surface area contributed by atoms with Gasteiger partial charge >= 0.3 is 0 Å². The molecule has 8 nitrogen and oxygen atoms in total. The van der Waals surface area contributed by atoms with Crippen molar-refractivity contribution in [1.29, 1.82) is 0 Å². The molecule has 0 saturated carbocycles. The summed E-state index contributed by atoms with van der Waals surface area (Å²) in [5.41, 5.74) is 2.34. The lowest BCUT2D eigenvalue weighted by Crippen LogP contribution is -2.45. The summed E-state index contributed by atoms with van der Waals surface area (Å²) >= 11 is 0. The van der Waals surface area contributed by atoms with Crippen molar-refractivity contribution in [2.75, 3.05) is 26.2 Å². The third-order valence-electron chi connectivity index (χ3n) is 5.98. The standard InChI is InChI=1S/C24H24F2N6O2/c1-15-3-5-17(11-19(15)25)23-27-21(33-29-23)13-31-7-9-32(10-8-31)14-22-28-24(30-34-22)18-6-4-16(2)20(26)12-18/h3-6,11-12H,7-10,13-14H2,1-2H3. The van der Waals surface area contributed by atoms with Crippen molar-refractivity contribution in [3.05, 3.63) is 70.9 Å². The van der Waals surface area contributed by atoms with Gasteiger partial charge in [0.05, 0.1) is 13.1 Å². The van der Waals surface area contributed by atoms with Gasteiger partial charge in [-0.25, -0.2) is 8.78 Å². The molecule has 1 aliphatic rings. The normalized spacial score (nSPS) is 15.2. The van der Waals surface area contributed by atoms with Gasteiger partial charge in [-0.1, -0.05) is 34.6 Å². The number of benzene rings is 2. The van der Waals surface area contributed by atoms with Crippen LogP contribution in [-0.4, -0.2) is 56.3 Å². The molecule has 0 radical (unpaired) electrons. The zero-order chi connectivity index (χ0) is 23.7. The second kappa shape index (κ2) is 9.40. The van der Waals surface area contributed by atoms with Gasteiger partial charge in [-0.15, -0.1) is 0 Å². The van der Waals surface area contributed by atoms with Crippen LogP contribution in [0.2, 0.25) is 0 Å². The van der Waals surface area contributed by atoms with Crippen LogP contribution < -0.4 is 0 Å². The number of aryl methyl sites for hydroxylation is 2.